The molecule has 20 heavy (non-hydrogen) atoms. The molecule has 1 unspecified atom stereocenters. The summed E-state index contributed by atoms with van der Waals surface area (Å²) in [5.74, 6) is -1.95. The molecule has 0 aliphatic heterocycles. The van der Waals surface area contributed by atoms with Crippen molar-refractivity contribution in [2.45, 2.75) is 19.9 Å². The number of carboxylic acids is 1. The van der Waals surface area contributed by atoms with Crippen molar-refractivity contribution in [1.82, 2.24) is 10.2 Å². The number of benzene rings is 1. The summed E-state index contributed by atoms with van der Waals surface area (Å²) in [7, 11) is 0. The number of aliphatic carboxylic acids is 1. The van der Waals surface area contributed by atoms with Gasteiger partial charge in [-0.1, -0.05) is 13.8 Å². The van der Waals surface area contributed by atoms with Crippen molar-refractivity contribution in [3.05, 3.63) is 29.6 Å². The Bertz CT molecular complexity index is 450. The van der Waals surface area contributed by atoms with E-state index in [2.05, 4.69) is 10.2 Å². The van der Waals surface area contributed by atoms with Gasteiger partial charge in [0.15, 0.2) is 0 Å². The van der Waals surface area contributed by atoms with Crippen LogP contribution in [0.2, 0.25) is 0 Å². The van der Waals surface area contributed by atoms with Crippen LogP contribution in [-0.2, 0) is 4.79 Å². The van der Waals surface area contributed by atoms with Crippen LogP contribution in [0.25, 0.3) is 0 Å². The highest BCUT2D eigenvalue weighted by molar-refractivity contribution is 5.76. The van der Waals surface area contributed by atoms with Crippen LogP contribution >= 0.6 is 0 Å². The van der Waals surface area contributed by atoms with Crippen molar-refractivity contribution < 1.29 is 19.4 Å². The molecule has 3 N–H and O–H groups in total. The molecule has 0 heterocycles. The van der Waals surface area contributed by atoms with Gasteiger partial charge in [-0.05, 0) is 31.3 Å². The first-order valence-corrected chi connectivity index (χ1v) is 6.66. The van der Waals surface area contributed by atoms with Crippen molar-refractivity contribution in [3.8, 4) is 5.75 Å². The van der Waals surface area contributed by atoms with E-state index in [0.717, 1.165) is 31.3 Å². The summed E-state index contributed by atoms with van der Waals surface area (Å²) >= 11 is 0. The number of nitrogens with zero attached hydrogens (tertiary/aromatic N) is 1. The van der Waals surface area contributed by atoms with Crippen molar-refractivity contribution in [2.24, 2.45) is 0 Å². The third-order valence-electron chi connectivity index (χ3n) is 3.22. The second-order valence-corrected chi connectivity index (χ2v) is 4.46. The third-order valence-corrected chi connectivity index (χ3v) is 3.22. The zero-order valence-corrected chi connectivity index (χ0v) is 11.8. The standard InChI is InChI=1S/C14H21FN2O3/c1-3-17(4-2)8-7-16-13(14(19)20)11-9-10(15)5-6-12(11)18/h5-6,9,13,16,18H,3-4,7-8H2,1-2H3,(H,19,20). The fourth-order valence-electron chi connectivity index (χ4n) is 1.99. The molecule has 0 aliphatic carbocycles. The Morgan fingerprint density at radius 3 is 2.60 bits per heavy atom. The fraction of sp³-hybridized carbons (Fsp3) is 0.500. The SMILES string of the molecule is CCN(CC)CCNC(C(=O)O)c1cc(F)ccc1O. The molecule has 6 heteroatoms. The molecule has 0 bridgehead atoms. The maximum Gasteiger partial charge on any atom is 0.325 e. The molecule has 0 saturated heterocycles. The molecule has 1 atom stereocenters. The lowest BCUT2D eigenvalue weighted by Gasteiger charge is -2.21. The molecule has 1 aromatic carbocycles. The molecule has 0 aromatic heterocycles. The van der Waals surface area contributed by atoms with Crippen molar-refractivity contribution in [3.63, 3.8) is 0 Å². The minimum absolute atomic E-state index is 0.0389. The summed E-state index contributed by atoms with van der Waals surface area (Å²) in [6.45, 7) is 6.93. The van der Waals surface area contributed by atoms with Crippen LogP contribution in [0.1, 0.15) is 25.5 Å². The van der Waals surface area contributed by atoms with E-state index >= 15 is 0 Å². The van der Waals surface area contributed by atoms with Crippen LogP contribution in [0.15, 0.2) is 18.2 Å². The second-order valence-electron chi connectivity index (χ2n) is 4.46. The Morgan fingerprint density at radius 2 is 2.05 bits per heavy atom. The number of rotatable bonds is 8. The summed E-state index contributed by atoms with van der Waals surface area (Å²) in [5, 5.41) is 21.7. The van der Waals surface area contributed by atoms with Crippen LogP contribution < -0.4 is 5.32 Å². The average molecular weight is 284 g/mol. The van der Waals surface area contributed by atoms with E-state index in [0.29, 0.717) is 13.1 Å². The van der Waals surface area contributed by atoms with Gasteiger partial charge in [0.25, 0.3) is 0 Å². The zero-order valence-electron chi connectivity index (χ0n) is 11.8. The summed E-state index contributed by atoms with van der Waals surface area (Å²) in [6.07, 6.45) is 0. The van der Waals surface area contributed by atoms with Gasteiger partial charge in [0, 0.05) is 18.7 Å². The average Bonchev–Trinajstić information content (AvgIpc) is 2.42. The molecule has 0 fully saturated rings. The normalized spacial score (nSPS) is 12.6. The van der Waals surface area contributed by atoms with Gasteiger partial charge in [0.2, 0.25) is 0 Å². The summed E-state index contributed by atoms with van der Waals surface area (Å²) in [4.78, 5) is 13.4. The van der Waals surface area contributed by atoms with Gasteiger partial charge >= 0.3 is 5.97 Å². The lowest BCUT2D eigenvalue weighted by Crippen LogP contribution is -2.36. The zero-order chi connectivity index (χ0) is 15.1. The van der Waals surface area contributed by atoms with Crippen molar-refractivity contribution >= 4 is 5.97 Å². The molecular formula is C14H21FN2O3. The highest BCUT2D eigenvalue weighted by Crippen LogP contribution is 2.25. The van der Waals surface area contributed by atoms with Gasteiger partial charge in [0.05, 0.1) is 0 Å². The van der Waals surface area contributed by atoms with E-state index < -0.39 is 17.8 Å². The Morgan fingerprint density at radius 1 is 1.40 bits per heavy atom. The molecule has 0 amide bonds. The Hall–Kier alpha value is -1.66. The number of phenols is 1. The monoisotopic (exact) mass is 284 g/mol. The van der Waals surface area contributed by atoms with Gasteiger partial charge in [0.1, 0.15) is 17.6 Å². The molecule has 1 rings (SSSR count). The molecule has 0 saturated carbocycles. The lowest BCUT2D eigenvalue weighted by atomic mass is 10.1. The van der Waals surface area contributed by atoms with Crippen LogP contribution in [0.5, 0.6) is 5.75 Å². The third kappa shape index (κ3) is 4.47. The minimum atomic E-state index is -1.15. The maximum absolute atomic E-state index is 13.2. The van der Waals surface area contributed by atoms with Gasteiger partial charge in [-0.15, -0.1) is 0 Å². The number of carboxylic acid groups (broad SMARTS) is 1. The quantitative estimate of drug-likeness (QED) is 0.676. The smallest absolute Gasteiger partial charge is 0.325 e. The van der Waals surface area contributed by atoms with E-state index in [1.165, 1.54) is 0 Å². The molecule has 0 spiro atoms. The van der Waals surface area contributed by atoms with Crippen LogP contribution in [-0.4, -0.2) is 47.3 Å². The van der Waals surface area contributed by atoms with Crippen LogP contribution in [0.4, 0.5) is 4.39 Å². The lowest BCUT2D eigenvalue weighted by molar-refractivity contribution is -0.139. The minimum Gasteiger partial charge on any atom is -0.508 e. The first-order chi connectivity index (χ1) is 9.49. The summed E-state index contributed by atoms with van der Waals surface area (Å²) in [5.41, 5.74) is 0.0389. The van der Waals surface area contributed by atoms with Crippen LogP contribution in [0, 0.1) is 5.82 Å². The van der Waals surface area contributed by atoms with Crippen LogP contribution in [0.3, 0.4) is 0 Å². The number of carbonyl (C=O) groups is 1. The topological polar surface area (TPSA) is 72.8 Å². The first-order valence-electron chi connectivity index (χ1n) is 6.66. The van der Waals surface area contributed by atoms with Gasteiger partial charge in [-0.25, -0.2) is 4.39 Å². The van der Waals surface area contributed by atoms with Gasteiger partial charge < -0.3 is 15.1 Å². The highest BCUT2D eigenvalue weighted by atomic mass is 19.1. The second kappa shape index (κ2) is 7.81. The number of nitrogens with one attached hydrogen (secondary N) is 1. The predicted molar refractivity (Wildman–Crippen MR) is 74.2 cm³/mol. The van der Waals surface area contributed by atoms with E-state index in [1.807, 2.05) is 13.8 Å². The van der Waals surface area contributed by atoms with E-state index in [1.54, 1.807) is 0 Å². The number of hydrogen-bond donors (Lipinski definition) is 3. The van der Waals surface area contributed by atoms with E-state index in [9.17, 15) is 19.4 Å². The molecule has 1 aromatic rings. The Balaban J connectivity index is 2.75. The van der Waals surface area contributed by atoms with Crippen molar-refractivity contribution in [2.75, 3.05) is 26.2 Å². The fourth-order valence-corrected chi connectivity index (χ4v) is 1.99. The van der Waals surface area contributed by atoms with E-state index in [-0.39, 0.29) is 11.3 Å². The molecular weight excluding hydrogens is 263 g/mol. The highest BCUT2D eigenvalue weighted by Gasteiger charge is 2.22. The largest absolute Gasteiger partial charge is 0.508 e. The van der Waals surface area contributed by atoms with Gasteiger partial charge in [-0.3, -0.25) is 10.1 Å². The number of likely N-dealkylation sites (N-methyl/N-ethyl adjacent to an activating group) is 1. The number of aromatic hydroxyl groups is 1. The molecule has 0 aliphatic rings. The summed E-state index contributed by atoms with van der Waals surface area (Å²) < 4.78 is 13.2. The Labute approximate surface area is 118 Å². The van der Waals surface area contributed by atoms with Crippen molar-refractivity contribution in [1.29, 1.82) is 0 Å². The van der Waals surface area contributed by atoms with Gasteiger partial charge in [-0.2, -0.15) is 0 Å². The van der Waals surface area contributed by atoms with E-state index in [4.69, 9.17) is 0 Å². The summed E-state index contributed by atoms with van der Waals surface area (Å²) in [6, 6.07) is 2.17. The maximum atomic E-state index is 13.2. The molecule has 0 radical (unpaired) electrons. The molecule has 5 nitrogen and oxygen atoms in total. The predicted octanol–water partition coefficient (Wildman–Crippen LogP) is 1.59. The number of phenolic OH excluding ortho intramolecular Hbond substituents is 1. The first kappa shape index (κ1) is 16.4. The number of halogens is 1. The Kier molecular flexibility index (Phi) is 6.41. The molecule has 112 valence electrons. The number of hydrogen-bond acceptors (Lipinski definition) is 4.